The second-order valence-electron chi connectivity index (χ2n) is 5.44. The van der Waals surface area contributed by atoms with Crippen molar-refractivity contribution in [1.29, 1.82) is 0 Å². The number of halogens is 3. The molecule has 3 nitrogen and oxygen atoms in total. The van der Waals surface area contributed by atoms with Crippen molar-refractivity contribution in [1.82, 2.24) is 4.90 Å². The lowest BCUT2D eigenvalue weighted by Crippen LogP contribution is -2.40. The maximum absolute atomic E-state index is 12.6. The predicted molar refractivity (Wildman–Crippen MR) is 69.1 cm³/mol. The van der Waals surface area contributed by atoms with Gasteiger partial charge in [-0.05, 0) is 25.5 Å². The quantitative estimate of drug-likeness (QED) is 0.925. The Morgan fingerprint density at radius 1 is 1.30 bits per heavy atom. The van der Waals surface area contributed by atoms with Crippen molar-refractivity contribution in [3.8, 4) is 0 Å². The summed E-state index contributed by atoms with van der Waals surface area (Å²) in [5.41, 5.74) is -1.52. The minimum Gasteiger partial charge on any atom is -0.389 e. The van der Waals surface area contributed by atoms with E-state index >= 15 is 0 Å². The van der Waals surface area contributed by atoms with E-state index in [0.717, 1.165) is 12.1 Å². The highest BCUT2D eigenvalue weighted by Crippen LogP contribution is 2.29. The molecule has 1 rings (SSSR count). The Labute approximate surface area is 116 Å². The Morgan fingerprint density at radius 2 is 1.90 bits per heavy atom. The molecule has 0 heterocycles. The molecular formula is C14H18F3NO2. The fourth-order valence-electron chi connectivity index (χ4n) is 1.84. The molecule has 0 bridgehead atoms. The molecule has 0 aliphatic carbocycles. The van der Waals surface area contributed by atoms with Crippen LogP contribution < -0.4 is 0 Å². The van der Waals surface area contributed by atoms with Crippen molar-refractivity contribution in [3.63, 3.8) is 0 Å². The fraction of sp³-hybridized carbons (Fsp3) is 0.500. The van der Waals surface area contributed by atoms with Crippen molar-refractivity contribution < 1.29 is 23.1 Å². The second kappa shape index (κ2) is 5.83. The summed E-state index contributed by atoms with van der Waals surface area (Å²) in [6.07, 6.45) is -4.55. The number of aliphatic hydroxyl groups is 1. The number of hydrogen-bond acceptors (Lipinski definition) is 2. The van der Waals surface area contributed by atoms with Crippen molar-refractivity contribution >= 4 is 5.91 Å². The largest absolute Gasteiger partial charge is 0.416 e. The van der Waals surface area contributed by atoms with E-state index in [9.17, 15) is 23.1 Å². The Kier molecular flexibility index (Phi) is 4.81. The average Bonchev–Trinajstić information content (AvgIpc) is 2.25. The van der Waals surface area contributed by atoms with Crippen LogP contribution in [-0.2, 0) is 17.4 Å². The Hall–Kier alpha value is -1.56. The molecule has 0 aliphatic heterocycles. The van der Waals surface area contributed by atoms with Crippen LogP contribution in [0.25, 0.3) is 0 Å². The van der Waals surface area contributed by atoms with Crippen LogP contribution in [0.1, 0.15) is 25.0 Å². The van der Waals surface area contributed by atoms with Gasteiger partial charge in [-0.1, -0.05) is 18.2 Å². The summed E-state index contributed by atoms with van der Waals surface area (Å²) in [7, 11) is 1.51. The zero-order chi connectivity index (χ0) is 15.6. The first kappa shape index (κ1) is 16.5. The smallest absolute Gasteiger partial charge is 0.389 e. The van der Waals surface area contributed by atoms with Gasteiger partial charge in [0.1, 0.15) is 0 Å². The molecule has 112 valence electrons. The van der Waals surface area contributed by atoms with Crippen LogP contribution in [0.15, 0.2) is 24.3 Å². The maximum Gasteiger partial charge on any atom is 0.416 e. The van der Waals surface area contributed by atoms with E-state index in [2.05, 4.69) is 0 Å². The van der Waals surface area contributed by atoms with Gasteiger partial charge in [0.15, 0.2) is 0 Å². The van der Waals surface area contributed by atoms with E-state index in [1.165, 1.54) is 24.1 Å². The number of hydrogen-bond donors (Lipinski definition) is 1. The molecular weight excluding hydrogens is 271 g/mol. The lowest BCUT2D eigenvalue weighted by atomic mass is 10.1. The van der Waals surface area contributed by atoms with Crippen LogP contribution >= 0.6 is 0 Å². The molecule has 1 aromatic carbocycles. The highest BCUT2D eigenvalue weighted by Gasteiger charge is 2.30. The highest BCUT2D eigenvalue weighted by atomic mass is 19.4. The molecule has 0 saturated heterocycles. The van der Waals surface area contributed by atoms with Crippen LogP contribution in [0.2, 0.25) is 0 Å². The molecule has 0 saturated carbocycles. The summed E-state index contributed by atoms with van der Waals surface area (Å²) in [5.74, 6) is -0.341. The van der Waals surface area contributed by atoms with Crippen LogP contribution in [0.4, 0.5) is 13.2 Å². The summed E-state index contributed by atoms with van der Waals surface area (Å²) in [4.78, 5) is 13.2. The number of alkyl halides is 3. The molecule has 6 heteroatoms. The number of amides is 1. The van der Waals surface area contributed by atoms with Gasteiger partial charge in [0.25, 0.3) is 0 Å². The summed E-state index contributed by atoms with van der Waals surface area (Å²) >= 11 is 0. The molecule has 1 N–H and O–H groups in total. The number of rotatable bonds is 4. The van der Waals surface area contributed by atoms with Crippen molar-refractivity contribution in [2.24, 2.45) is 0 Å². The SMILES string of the molecule is CN(CC(C)(C)O)C(=O)Cc1cccc(C(F)(F)F)c1. The second-order valence-corrected chi connectivity index (χ2v) is 5.44. The third kappa shape index (κ3) is 5.21. The monoisotopic (exact) mass is 289 g/mol. The predicted octanol–water partition coefficient (Wildman–Crippen LogP) is 2.48. The molecule has 1 amide bonds. The fourth-order valence-corrected chi connectivity index (χ4v) is 1.84. The lowest BCUT2D eigenvalue weighted by Gasteiger charge is -2.25. The average molecular weight is 289 g/mol. The van der Waals surface area contributed by atoms with Gasteiger partial charge in [0.2, 0.25) is 5.91 Å². The zero-order valence-corrected chi connectivity index (χ0v) is 11.7. The summed E-state index contributed by atoms with van der Waals surface area (Å²) in [6.45, 7) is 3.23. The molecule has 0 aromatic heterocycles. The molecule has 0 radical (unpaired) electrons. The first-order valence-electron chi connectivity index (χ1n) is 6.11. The van der Waals surface area contributed by atoms with E-state index in [0.29, 0.717) is 5.56 Å². The van der Waals surface area contributed by atoms with Gasteiger partial charge < -0.3 is 10.0 Å². The van der Waals surface area contributed by atoms with Crippen LogP contribution in [0.3, 0.4) is 0 Å². The molecule has 0 unspecified atom stereocenters. The van der Waals surface area contributed by atoms with E-state index in [1.54, 1.807) is 13.8 Å². The normalized spacial score (nSPS) is 12.3. The van der Waals surface area contributed by atoms with E-state index in [4.69, 9.17) is 0 Å². The van der Waals surface area contributed by atoms with E-state index in [1.807, 2.05) is 0 Å². The summed E-state index contributed by atoms with van der Waals surface area (Å²) < 4.78 is 37.7. The lowest BCUT2D eigenvalue weighted by molar-refractivity contribution is -0.138. The van der Waals surface area contributed by atoms with E-state index in [-0.39, 0.29) is 18.9 Å². The Bertz CT molecular complexity index is 478. The molecule has 0 spiro atoms. The van der Waals surface area contributed by atoms with Crippen LogP contribution in [0.5, 0.6) is 0 Å². The third-order valence-electron chi connectivity index (χ3n) is 2.66. The molecule has 0 atom stereocenters. The van der Waals surface area contributed by atoms with Crippen molar-refractivity contribution in [2.75, 3.05) is 13.6 Å². The van der Waals surface area contributed by atoms with Gasteiger partial charge in [-0.3, -0.25) is 4.79 Å². The Balaban J connectivity index is 2.76. The molecule has 20 heavy (non-hydrogen) atoms. The Morgan fingerprint density at radius 3 is 2.40 bits per heavy atom. The number of carbonyl (C=O) groups is 1. The topological polar surface area (TPSA) is 40.5 Å². The number of benzene rings is 1. The third-order valence-corrected chi connectivity index (χ3v) is 2.66. The molecule has 1 aromatic rings. The summed E-state index contributed by atoms with van der Waals surface area (Å²) in [6, 6.07) is 4.69. The van der Waals surface area contributed by atoms with Gasteiger partial charge >= 0.3 is 6.18 Å². The number of likely N-dealkylation sites (N-methyl/N-ethyl adjacent to an activating group) is 1. The molecule has 0 fully saturated rings. The number of nitrogens with zero attached hydrogens (tertiary/aromatic N) is 1. The highest BCUT2D eigenvalue weighted by molar-refractivity contribution is 5.78. The zero-order valence-electron chi connectivity index (χ0n) is 11.7. The summed E-state index contributed by atoms with van der Waals surface area (Å²) in [5, 5.41) is 9.61. The van der Waals surface area contributed by atoms with Gasteiger partial charge in [0.05, 0.1) is 17.6 Å². The van der Waals surface area contributed by atoms with Crippen LogP contribution in [0, 0.1) is 0 Å². The van der Waals surface area contributed by atoms with Gasteiger partial charge in [-0.2, -0.15) is 13.2 Å². The minimum atomic E-state index is -4.42. The number of carbonyl (C=O) groups excluding carboxylic acids is 1. The maximum atomic E-state index is 12.6. The minimum absolute atomic E-state index is 0.116. The standard InChI is InChI=1S/C14H18F3NO2/c1-13(2,20)9-18(3)12(19)8-10-5-4-6-11(7-10)14(15,16)17/h4-7,20H,8-9H2,1-3H3. The first-order chi connectivity index (χ1) is 8.99. The van der Waals surface area contributed by atoms with Gasteiger partial charge in [-0.25, -0.2) is 0 Å². The van der Waals surface area contributed by atoms with E-state index < -0.39 is 17.3 Å². The molecule has 0 aliphatic rings. The first-order valence-corrected chi connectivity index (χ1v) is 6.11. The van der Waals surface area contributed by atoms with Gasteiger partial charge in [0, 0.05) is 13.6 Å². The van der Waals surface area contributed by atoms with Crippen LogP contribution in [-0.4, -0.2) is 35.1 Å². The van der Waals surface area contributed by atoms with Crippen molar-refractivity contribution in [2.45, 2.75) is 32.0 Å². The van der Waals surface area contributed by atoms with Crippen molar-refractivity contribution in [3.05, 3.63) is 35.4 Å². The van der Waals surface area contributed by atoms with Gasteiger partial charge in [-0.15, -0.1) is 0 Å².